The van der Waals surface area contributed by atoms with Gasteiger partial charge in [-0.15, -0.1) is 0 Å². The number of rotatable bonds is 5. The van der Waals surface area contributed by atoms with Gasteiger partial charge in [0.1, 0.15) is 12.7 Å². The van der Waals surface area contributed by atoms with E-state index in [1.807, 2.05) is 18.2 Å². The summed E-state index contributed by atoms with van der Waals surface area (Å²) in [5.74, 6) is 0.316. The van der Waals surface area contributed by atoms with Gasteiger partial charge in [-0.1, -0.05) is 6.07 Å². The van der Waals surface area contributed by atoms with Gasteiger partial charge in [-0.05, 0) is 12.1 Å². The molecule has 0 aliphatic heterocycles. The lowest BCUT2D eigenvalue weighted by atomic mass is 10.3. The van der Waals surface area contributed by atoms with Crippen molar-refractivity contribution in [2.24, 2.45) is 0 Å². The second-order valence-electron chi connectivity index (χ2n) is 4.04. The van der Waals surface area contributed by atoms with Crippen molar-refractivity contribution in [1.82, 2.24) is 34.7 Å². The van der Waals surface area contributed by atoms with Gasteiger partial charge in [0.2, 0.25) is 5.95 Å². The van der Waals surface area contributed by atoms with Gasteiger partial charge in [0, 0.05) is 18.3 Å². The minimum absolute atomic E-state index is 0.0586. The zero-order chi connectivity index (χ0) is 14.5. The number of hydrogen-bond acceptors (Lipinski definition) is 8. The summed E-state index contributed by atoms with van der Waals surface area (Å²) in [5.41, 5.74) is 6.56. The SMILES string of the molecule is Nc1nc(OCCc2ccccn2)nc(-n2cncn2)n1. The van der Waals surface area contributed by atoms with Gasteiger partial charge < -0.3 is 10.5 Å². The molecule has 0 bridgehead atoms. The van der Waals surface area contributed by atoms with Crippen LogP contribution in [0.3, 0.4) is 0 Å². The molecule has 0 saturated carbocycles. The molecule has 21 heavy (non-hydrogen) atoms. The van der Waals surface area contributed by atoms with Gasteiger partial charge in [-0.25, -0.2) is 4.98 Å². The van der Waals surface area contributed by atoms with E-state index in [1.54, 1.807) is 6.20 Å². The maximum atomic E-state index is 5.63. The highest BCUT2D eigenvalue weighted by molar-refractivity contribution is 5.24. The summed E-state index contributed by atoms with van der Waals surface area (Å²) in [6, 6.07) is 5.85. The molecule has 0 aliphatic carbocycles. The fourth-order valence-corrected chi connectivity index (χ4v) is 1.63. The minimum atomic E-state index is 0.0586. The molecule has 0 atom stereocenters. The van der Waals surface area contributed by atoms with E-state index in [0.717, 1.165) is 5.69 Å². The molecule has 0 amide bonds. The Morgan fingerprint density at radius 2 is 2.14 bits per heavy atom. The molecule has 3 heterocycles. The van der Waals surface area contributed by atoms with Crippen LogP contribution in [0.5, 0.6) is 6.01 Å². The predicted molar refractivity (Wildman–Crippen MR) is 72.6 cm³/mol. The second kappa shape index (κ2) is 5.90. The molecule has 0 saturated heterocycles. The van der Waals surface area contributed by atoms with Crippen molar-refractivity contribution in [2.75, 3.05) is 12.3 Å². The smallest absolute Gasteiger partial charge is 0.323 e. The molecule has 2 N–H and O–H groups in total. The zero-order valence-electron chi connectivity index (χ0n) is 11.0. The van der Waals surface area contributed by atoms with Crippen molar-refractivity contribution in [3.8, 4) is 12.0 Å². The van der Waals surface area contributed by atoms with Crippen molar-refractivity contribution >= 4 is 5.95 Å². The third-order valence-corrected chi connectivity index (χ3v) is 2.56. The van der Waals surface area contributed by atoms with Crippen LogP contribution in [0.1, 0.15) is 5.69 Å². The number of aromatic nitrogens is 7. The zero-order valence-corrected chi connectivity index (χ0v) is 11.0. The fraction of sp³-hybridized carbons (Fsp3) is 0.167. The summed E-state index contributed by atoms with van der Waals surface area (Å²) < 4.78 is 6.86. The number of nitrogen functional groups attached to an aromatic ring is 1. The second-order valence-corrected chi connectivity index (χ2v) is 4.04. The van der Waals surface area contributed by atoms with Crippen LogP contribution in [0.4, 0.5) is 5.95 Å². The molecule has 3 aromatic rings. The molecule has 3 aromatic heterocycles. The lowest BCUT2D eigenvalue weighted by Gasteiger charge is -2.06. The van der Waals surface area contributed by atoms with Gasteiger partial charge >= 0.3 is 6.01 Å². The summed E-state index contributed by atoms with van der Waals surface area (Å²) in [4.78, 5) is 20.0. The molecule has 0 spiro atoms. The van der Waals surface area contributed by atoms with E-state index in [4.69, 9.17) is 10.5 Å². The van der Waals surface area contributed by atoms with Crippen LogP contribution in [0.25, 0.3) is 5.95 Å². The quantitative estimate of drug-likeness (QED) is 0.698. The molecule has 3 rings (SSSR count). The van der Waals surface area contributed by atoms with E-state index in [2.05, 4.69) is 30.0 Å². The average Bonchev–Trinajstić information content (AvgIpc) is 3.02. The van der Waals surface area contributed by atoms with Crippen LogP contribution in [0, 0.1) is 0 Å². The molecule has 106 valence electrons. The van der Waals surface area contributed by atoms with E-state index < -0.39 is 0 Å². The van der Waals surface area contributed by atoms with Gasteiger partial charge in [0.15, 0.2) is 0 Å². The van der Waals surface area contributed by atoms with Crippen LogP contribution >= 0.6 is 0 Å². The van der Waals surface area contributed by atoms with Crippen LogP contribution < -0.4 is 10.5 Å². The largest absolute Gasteiger partial charge is 0.463 e. The molecule has 9 heteroatoms. The third-order valence-electron chi connectivity index (χ3n) is 2.56. The highest BCUT2D eigenvalue weighted by Crippen LogP contribution is 2.08. The van der Waals surface area contributed by atoms with Gasteiger partial charge in [0.05, 0.1) is 6.61 Å². The molecular formula is C12H12N8O. The maximum Gasteiger partial charge on any atom is 0.323 e. The van der Waals surface area contributed by atoms with Crippen LogP contribution in [0.2, 0.25) is 0 Å². The van der Waals surface area contributed by atoms with Crippen molar-refractivity contribution in [1.29, 1.82) is 0 Å². The first kappa shape index (κ1) is 12.9. The first-order chi connectivity index (χ1) is 10.3. The highest BCUT2D eigenvalue weighted by atomic mass is 16.5. The Bertz CT molecular complexity index is 701. The number of nitrogens with two attached hydrogens (primary N) is 1. The van der Waals surface area contributed by atoms with Crippen molar-refractivity contribution in [3.63, 3.8) is 0 Å². The van der Waals surface area contributed by atoms with Gasteiger partial charge in [-0.2, -0.15) is 24.7 Å². The Balaban J connectivity index is 1.68. The average molecular weight is 284 g/mol. The van der Waals surface area contributed by atoms with E-state index in [0.29, 0.717) is 13.0 Å². The normalized spacial score (nSPS) is 10.5. The summed E-state index contributed by atoms with van der Waals surface area (Å²) in [6.07, 6.45) is 5.22. The molecule has 9 nitrogen and oxygen atoms in total. The Morgan fingerprint density at radius 3 is 2.90 bits per heavy atom. The molecule has 0 radical (unpaired) electrons. The molecular weight excluding hydrogens is 272 g/mol. The number of hydrogen-bond donors (Lipinski definition) is 1. The van der Waals surface area contributed by atoms with Crippen LogP contribution in [-0.4, -0.2) is 41.3 Å². The molecule has 0 aromatic carbocycles. The first-order valence-corrected chi connectivity index (χ1v) is 6.20. The predicted octanol–water partition coefficient (Wildman–Crippen LogP) is 0.0510. The first-order valence-electron chi connectivity index (χ1n) is 6.20. The Kier molecular flexibility index (Phi) is 3.63. The summed E-state index contributed by atoms with van der Waals surface area (Å²) in [5, 5.41) is 3.93. The summed E-state index contributed by atoms with van der Waals surface area (Å²) >= 11 is 0. The Morgan fingerprint density at radius 1 is 1.19 bits per heavy atom. The van der Waals surface area contributed by atoms with Crippen LogP contribution in [0.15, 0.2) is 37.1 Å². The molecule has 0 fully saturated rings. The molecule has 0 unspecified atom stereocenters. The summed E-state index contributed by atoms with van der Waals surface area (Å²) in [7, 11) is 0. The topological polar surface area (TPSA) is 118 Å². The number of ether oxygens (including phenoxy) is 1. The minimum Gasteiger partial charge on any atom is -0.463 e. The van der Waals surface area contributed by atoms with Crippen LogP contribution in [-0.2, 0) is 6.42 Å². The van der Waals surface area contributed by atoms with Gasteiger partial charge in [0.25, 0.3) is 5.95 Å². The third kappa shape index (κ3) is 3.26. The Labute approximate surface area is 119 Å². The number of nitrogens with zero attached hydrogens (tertiary/aromatic N) is 7. The van der Waals surface area contributed by atoms with Crippen molar-refractivity contribution in [3.05, 3.63) is 42.7 Å². The maximum absolute atomic E-state index is 5.63. The van der Waals surface area contributed by atoms with Gasteiger partial charge in [-0.3, -0.25) is 4.98 Å². The van der Waals surface area contributed by atoms with Crippen molar-refractivity contribution < 1.29 is 4.74 Å². The van der Waals surface area contributed by atoms with E-state index in [1.165, 1.54) is 17.3 Å². The highest BCUT2D eigenvalue weighted by Gasteiger charge is 2.08. The number of pyridine rings is 1. The monoisotopic (exact) mass is 284 g/mol. The summed E-state index contributed by atoms with van der Waals surface area (Å²) in [6.45, 7) is 0.386. The van der Waals surface area contributed by atoms with E-state index in [-0.39, 0.29) is 17.9 Å². The molecule has 0 aliphatic rings. The van der Waals surface area contributed by atoms with E-state index in [9.17, 15) is 0 Å². The van der Waals surface area contributed by atoms with Crippen molar-refractivity contribution in [2.45, 2.75) is 6.42 Å². The standard InChI is InChI=1S/C12H12N8O/c13-10-17-11(20-8-14-7-16-20)19-12(18-10)21-6-4-9-3-1-2-5-15-9/h1-3,5,7-8H,4,6H2,(H2,13,17,18,19). The lowest BCUT2D eigenvalue weighted by Crippen LogP contribution is -2.11. The lowest BCUT2D eigenvalue weighted by molar-refractivity contribution is 0.294. The van der Waals surface area contributed by atoms with E-state index >= 15 is 0 Å². The fourth-order valence-electron chi connectivity index (χ4n) is 1.63. The Hall–Kier alpha value is -3.10. The number of anilines is 1.